The van der Waals surface area contributed by atoms with Crippen molar-refractivity contribution < 1.29 is 9.53 Å². The molecule has 1 amide bonds. The average Bonchev–Trinajstić information content (AvgIpc) is 2.37. The maximum Gasteiger partial charge on any atom is 0.410 e. The summed E-state index contributed by atoms with van der Waals surface area (Å²) in [6.07, 6.45) is -0.210. The number of carbonyl (C=O) groups excluding carboxylic acids is 1. The number of piperazine rings is 1. The molecule has 1 aliphatic rings. The van der Waals surface area contributed by atoms with Gasteiger partial charge in [-0.15, -0.1) is 0 Å². The standard InChI is InChI=1S/C17H26N2O2/c1-13-6-8-15(9-7-13)18-10-11-19(14(2)12-18)16(20)21-17(3,4)5/h6-9,14H,10-12H2,1-5H3/t14-/m1/s1. The van der Waals surface area contributed by atoms with Gasteiger partial charge in [0.25, 0.3) is 0 Å². The third-order valence-electron chi connectivity index (χ3n) is 3.65. The highest BCUT2D eigenvalue weighted by atomic mass is 16.6. The van der Waals surface area contributed by atoms with Crippen LogP contribution in [0.15, 0.2) is 24.3 Å². The zero-order chi connectivity index (χ0) is 15.6. The maximum absolute atomic E-state index is 12.2. The lowest BCUT2D eigenvalue weighted by Gasteiger charge is -2.41. The van der Waals surface area contributed by atoms with Crippen molar-refractivity contribution in [3.63, 3.8) is 0 Å². The summed E-state index contributed by atoms with van der Waals surface area (Å²) >= 11 is 0. The van der Waals surface area contributed by atoms with Gasteiger partial charge in [-0.1, -0.05) is 17.7 Å². The summed E-state index contributed by atoms with van der Waals surface area (Å²) < 4.78 is 5.47. The van der Waals surface area contributed by atoms with Gasteiger partial charge in [0.2, 0.25) is 0 Å². The summed E-state index contributed by atoms with van der Waals surface area (Å²) in [6.45, 7) is 12.2. The van der Waals surface area contributed by atoms with Gasteiger partial charge in [0.05, 0.1) is 0 Å². The molecule has 0 aromatic heterocycles. The third kappa shape index (κ3) is 4.13. The molecule has 116 valence electrons. The second-order valence-electron chi connectivity index (χ2n) is 6.80. The first-order valence-electron chi connectivity index (χ1n) is 7.57. The van der Waals surface area contributed by atoms with Gasteiger partial charge in [0.15, 0.2) is 0 Å². The predicted molar refractivity (Wildman–Crippen MR) is 85.8 cm³/mol. The molecule has 1 aromatic carbocycles. The molecule has 1 saturated heterocycles. The van der Waals surface area contributed by atoms with Gasteiger partial charge in [-0.3, -0.25) is 0 Å². The molecule has 0 unspecified atom stereocenters. The number of aryl methyl sites for hydroxylation is 1. The van der Waals surface area contributed by atoms with E-state index in [0.717, 1.165) is 13.1 Å². The minimum Gasteiger partial charge on any atom is -0.444 e. The van der Waals surface area contributed by atoms with Crippen LogP contribution in [0.4, 0.5) is 10.5 Å². The number of nitrogens with zero attached hydrogens (tertiary/aromatic N) is 2. The Bertz CT molecular complexity index is 491. The molecular formula is C17H26N2O2. The molecule has 0 bridgehead atoms. The molecule has 1 aliphatic heterocycles. The molecule has 4 nitrogen and oxygen atoms in total. The molecular weight excluding hydrogens is 264 g/mol. The fourth-order valence-electron chi connectivity index (χ4n) is 2.54. The number of hydrogen-bond donors (Lipinski definition) is 0. The fourth-order valence-corrected chi connectivity index (χ4v) is 2.54. The van der Waals surface area contributed by atoms with Crippen LogP contribution in [-0.4, -0.2) is 42.3 Å². The Labute approximate surface area is 127 Å². The van der Waals surface area contributed by atoms with Gasteiger partial charge >= 0.3 is 6.09 Å². The van der Waals surface area contributed by atoms with E-state index in [4.69, 9.17) is 4.74 Å². The molecule has 0 N–H and O–H groups in total. The molecule has 0 spiro atoms. The quantitative estimate of drug-likeness (QED) is 0.794. The van der Waals surface area contributed by atoms with E-state index in [1.807, 2.05) is 25.7 Å². The second-order valence-corrected chi connectivity index (χ2v) is 6.80. The van der Waals surface area contributed by atoms with E-state index in [1.54, 1.807) is 0 Å². The van der Waals surface area contributed by atoms with Crippen LogP contribution in [0.2, 0.25) is 0 Å². The van der Waals surface area contributed by atoms with Gasteiger partial charge in [-0.2, -0.15) is 0 Å². The summed E-state index contributed by atoms with van der Waals surface area (Å²) in [5, 5.41) is 0. The first kappa shape index (κ1) is 15.7. The molecule has 2 rings (SSSR count). The van der Waals surface area contributed by atoms with Crippen LogP contribution in [-0.2, 0) is 4.74 Å². The monoisotopic (exact) mass is 290 g/mol. The zero-order valence-electron chi connectivity index (χ0n) is 13.7. The van der Waals surface area contributed by atoms with E-state index >= 15 is 0 Å². The van der Waals surface area contributed by atoms with Crippen LogP contribution in [0.5, 0.6) is 0 Å². The lowest BCUT2D eigenvalue weighted by molar-refractivity contribution is 0.0159. The Hall–Kier alpha value is -1.71. The van der Waals surface area contributed by atoms with Crippen LogP contribution in [0, 0.1) is 6.92 Å². The number of rotatable bonds is 1. The number of ether oxygens (including phenoxy) is 1. The Balaban J connectivity index is 1.99. The van der Waals surface area contributed by atoms with Gasteiger partial charge < -0.3 is 14.5 Å². The van der Waals surface area contributed by atoms with Crippen molar-refractivity contribution in [1.29, 1.82) is 0 Å². The van der Waals surface area contributed by atoms with Crippen molar-refractivity contribution in [1.82, 2.24) is 4.90 Å². The number of hydrogen-bond acceptors (Lipinski definition) is 3. The lowest BCUT2D eigenvalue weighted by Crippen LogP contribution is -2.55. The van der Waals surface area contributed by atoms with Crippen molar-refractivity contribution in [2.75, 3.05) is 24.5 Å². The normalized spacial score (nSPS) is 19.6. The van der Waals surface area contributed by atoms with Gasteiger partial charge in [0, 0.05) is 31.4 Å². The molecule has 0 radical (unpaired) electrons. The number of benzene rings is 1. The lowest BCUT2D eigenvalue weighted by atomic mass is 10.1. The van der Waals surface area contributed by atoms with E-state index in [2.05, 4.69) is 43.0 Å². The molecule has 21 heavy (non-hydrogen) atoms. The van der Waals surface area contributed by atoms with E-state index in [9.17, 15) is 4.79 Å². The van der Waals surface area contributed by atoms with Crippen molar-refractivity contribution >= 4 is 11.8 Å². The minimum absolute atomic E-state index is 0.148. The predicted octanol–water partition coefficient (Wildman–Crippen LogP) is 3.44. The fraction of sp³-hybridized carbons (Fsp3) is 0.588. The molecule has 1 aromatic rings. The highest BCUT2D eigenvalue weighted by molar-refractivity contribution is 5.69. The van der Waals surface area contributed by atoms with E-state index in [-0.39, 0.29) is 12.1 Å². The number of anilines is 1. The van der Waals surface area contributed by atoms with Gasteiger partial charge in [-0.05, 0) is 46.8 Å². The highest BCUT2D eigenvalue weighted by Crippen LogP contribution is 2.21. The Morgan fingerprint density at radius 3 is 2.33 bits per heavy atom. The van der Waals surface area contributed by atoms with Gasteiger partial charge in [0.1, 0.15) is 5.60 Å². The Morgan fingerprint density at radius 1 is 1.19 bits per heavy atom. The van der Waals surface area contributed by atoms with Crippen molar-refractivity contribution in [3.05, 3.63) is 29.8 Å². The average molecular weight is 290 g/mol. The SMILES string of the molecule is Cc1ccc(N2CCN(C(=O)OC(C)(C)C)[C@H](C)C2)cc1. The minimum atomic E-state index is -0.440. The summed E-state index contributed by atoms with van der Waals surface area (Å²) in [5.41, 5.74) is 2.04. The molecule has 1 fully saturated rings. The van der Waals surface area contributed by atoms with Crippen LogP contribution in [0.25, 0.3) is 0 Å². The molecule has 1 atom stereocenters. The first-order chi connectivity index (χ1) is 9.76. The summed E-state index contributed by atoms with van der Waals surface area (Å²) in [5.74, 6) is 0. The third-order valence-corrected chi connectivity index (χ3v) is 3.65. The van der Waals surface area contributed by atoms with Crippen molar-refractivity contribution in [3.8, 4) is 0 Å². The van der Waals surface area contributed by atoms with Crippen molar-refractivity contribution in [2.45, 2.75) is 46.3 Å². The summed E-state index contributed by atoms with van der Waals surface area (Å²) in [6, 6.07) is 8.69. The molecule has 4 heteroatoms. The number of carbonyl (C=O) groups is 1. The smallest absolute Gasteiger partial charge is 0.410 e. The van der Waals surface area contributed by atoms with Crippen LogP contribution in [0.3, 0.4) is 0 Å². The maximum atomic E-state index is 12.2. The second kappa shape index (κ2) is 5.96. The largest absolute Gasteiger partial charge is 0.444 e. The van der Waals surface area contributed by atoms with E-state index in [0.29, 0.717) is 6.54 Å². The van der Waals surface area contributed by atoms with Crippen molar-refractivity contribution in [2.24, 2.45) is 0 Å². The van der Waals surface area contributed by atoms with Crippen LogP contribution in [0.1, 0.15) is 33.3 Å². The first-order valence-corrected chi connectivity index (χ1v) is 7.57. The molecule has 0 saturated carbocycles. The van der Waals surface area contributed by atoms with E-state index in [1.165, 1.54) is 11.3 Å². The Morgan fingerprint density at radius 2 is 1.81 bits per heavy atom. The number of amides is 1. The Kier molecular flexibility index (Phi) is 4.45. The topological polar surface area (TPSA) is 32.8 Å². The summed E-state index contributed by atoms with van der Waals surface area (Å²) in [7, 11) is 0. The molecule has 1 heterocycles. The molecule has 0 aliphatic carbocycles. The van der Waals surface area contributed by atoms with E-state index < -0.39 is 5.60 Å². The highest BCUT2D eigenvalue weighted by Gasteiger charge is 2.30. The van der Waals surface area contributed by atoms with Crippen LogP contribution < -0.4 is 4.90 Å². The zero-order valence-corrected chi connectivity index (χ0v) is 13.7. The van der Waals surface area contributed by atoms with Gasteiger partial charge in [-0.25, -0.2) is 4.79 Å². The van der Waals surface area contributed by atoms with Crippen LogP contribution >= 0.6 is 0 Å². The summed E-state index contributed by atoms with van der Waals surface area (Å²) in [4.78, 5) is 16.4.